The van der Waals surface area contributed by atoms with Gasteiger partial charge in [0.2, 0.25) is 6.41 Å². The summed E-state index contributed by atoms with van der Waals surface area (Å²) in [6, 6.07) is 6.55. The van der Waals surface area contributed by atoms with Gasteiger partial charge in [-0.15, -0.1) is 0 Å². The quantitative estimate of drug-likeness (QED) is 0.580. The number of carbonyl (C=O) groups is 2. The lowest BCUT2D eigenvalue weighted by Gasteiger charge is -2.69. The minimum Gasteiger partial charge on any atom is -0.495 e. The number of hydrogen-bond acceptors (Lipinski definition) is 5. The maximum Gasteiger partial charge on any atom is 0.311 e. The number of nitrogens with zero attached hydrogens (tertiary/aromatic N) is 2. The Balaban J connectivity index is 1.70. The van der Waals surface area contributed by atoms with Crippen LogP contribution in [0.3, 0.4) is 0 Å². The molecule has 5 unspecified atom stereocenters. The van der Waals surface area contributed by atoms with Crippen LogP contribution in [0, 0.1) is 11.3 Å². The minimum atomic E-state index is -0.558. The Hall–Kier alpha value is -2.08. The van der Waals surface area contributed by atoms with Crippen LogP contribution in [0.25, 0.3) is 0 Å². The lowest BCUT2D eigenvalue weighted by molar-refractivity contribution is -0.175. The van der Waals surface area contributed by atoms with Crippen LogP contribution >= 0.6 is 0 Å². The van der Waals surface area contributed by atoms with Gasteiger partial charge in [-0.25, -0.2) is 0 Å². The number of methoxy groups -OCH3 is 2. The molecule has 3 aliphatic heterocycles. The van der Waals surface area contributed by atoms with Crippen LogP contribution in [-0.4, -0.2) is 56.2 Å². The number of fused-ring (bicyclic) bond motifs is 3. The van der Waals surface area contributed by atoms with Gasteiger partial charge in [0.1, 0.15) is 5.75 Å². The first kappa shape index (κ1) is 17.8. The fraction of sp³-hybridized carbons (Fsp3) is 0.652. The van der Waals surface area contributed by atoms with Crippen molar-refractivity contribution in [2.75, 3.05) is 32.2 Å². The number of carbonyl (C=O) groups excluding carboxylic acids is 2. The number of piperidine rings is 1. The highest BCUT2D eigenvalue weighted by Crippen LogP contribution is 2.76. The second-order valence-corrected chi connectivity index (χ2v) is 9.66. The topological polar surface area (TPSA) is 59.1 Å². The monoisotopic (exact) mass is 396 g/mol. The molecule has 3 aliphatic carbocycles. The third-order valence-corrected chi connectivity index (χ3v) is 9.25. The van der Waals surface area contributed by atoms with E-state index >= 15 is 0 Å². The fourth-order valence-corrected chi connectivity index (χ4v) is 8.65. The predicted molar refractivity (Wildman–Crippen MR) is 107 cm³/mol. The van der Waals surface area contributed by atoms with Crippen LogP contribution in [0.4, 0.5) is 5.69 Å². The van der Waals surface area contributed by atoms with E-state index in [4.69, 9.17) is 9.47 Å². The van der Waals surface area contributed by atoms with Crippen LogP contribution in [0.2, 0.25) is 0 Å². The van der Waals surface area contributed by atoms with Gasteiger partial charge in [0.25, 0.3) is 0 Å². The van der Waals surface area contributed by atoms with E-state index in [1.54, 1.807) is 7.11 Å². The highest BCUT2D eigenvalue weighted by atomic mass is 16.5. The fourth-order valence-electron chi connectivity index (χ4n) is 8.65. The van der Waals surface area contributed by atoms with Gasteiger partial charge >= 0.3 is 5.97 Å². The van der Waals surface area contributed by atoms with E-state index in [2.05, 4.69) is 11.0 Å². The molecule has 7 rings (SSSR count). The molecule has 1 aromatic rings. The third kappa shape index (κ3) is 1.68. The Kier molecular flexibility index (Phi) is 3.39. The van der Waals surface area contributed by atoms with Crippen molar-refractivity contribution >= 4 is 18.1 Å². The summed E-state index contributed by atoms with van der Waals surface area (Å²) in [4.78, 5) is 30.4. The Morgan fingerprint density at radius 3 is 2.79 bits per heavy atom. The van der Waals surface area contributed by atoms with Gasteiger partial charge in [-0.3, -0.25) is 14.5 Å². The van der Waals surface area contributed by atoms with Crippen LogP contribution in [0.15, 0.2) is 18.2 Å². The molecular formula is C23H28N2O4. The molecule has 154 valence electrons. The Morgan fingerprint density at radius 1 is 1.17 bits per heavy atom. The summed E-state index contributed by atoms with van der Waals surface area (Å²) in [6.07, 6.45) is 7.05. The minimum absolute atomic E-state index is 0.134. The standard InChI is InChI=1S/C23H28N2O4/c1-28-17-6-3-5-15-18(17)25(14-26)23-9-8-21(13-16(23)19(27)29-2)7-4-11-24-12-10-22(15,23)20(21)24/h3,5-6,14,16,20H,4,7-13H2,1-2H3. The van der Waals surface area contributed by atoms with E-state index in [0.717, 1.165) is 56.6 Å². The summed E-state index contributed by atoms with van der Waals surface area (Å²) in [5, 5.41) is 0. The summed E-state index contributed by atoms with van der Waals surface area (Å²) in [6.45, 7) is 2.15. The number of para-hydroxylation sites is 1. The first-order chi connectivity index (χ1) is 14.1. The number of amides is 1. The zero-order chi connectivity index (χ0) is 20.0. The zero-order valence-electron chi connectivity index (χ0n) is 17.1. The molecule has 1 amide bonds. The molecule has 6 heteroatoms. The molecule has 1 aromatic carbocycles. The van der Waals surface area contributed by atoms with Crippen molar-refractivity contribution in [3.63, 3.8) is 0 Å². The van der Waals surface area contributed by atoms with Gasteiger partial charge in [0, 0.05) is 11.5 Å². The van der Waals surface area contributed by atoms with E-state index in [-0.39, 0.29) is 22.7 Å². The number of rotatable bonds is 3. The summed E-state index contributed by atoms with van der Waals surface area (Å²) >= 11 is 0. The number of esters is 1. The van der Waals surface area contributed by atoms with Crippen molar-refractivity contribution in [3.05, 3.63) is 23.8 Å². The van der Waals surface area contributed by atoms with Crippen molar-refractivity contribution in [3.8, 4) is 5.75 Å². The molecule has 5 fully saturated rings. The van der Waals surface area contributed by atoms with Crippen molar-refractivity contribution in [1.29, 1.82) is 0 Å². The molecular weight excluding hydrogens is 368 g/mol. The molecule has 2 bridgehead atoms. The maximum absolute atomic E-state index is 13.2. The summed E-state index contributed by atoms with van der Waals surface area (Å²) < 4.78 is 11.1. The van der Waals surface area contributed by atoms with Crippen LogP contribution in [-0.2, 0) is 19.7 Å². The van der Waals surface area contributed by atoms with E-state index in [0.29, 0.717) is 6.04 Å². The summed E-state index contributed by atoms with van der Waals surface area (Å²) in [5.74, 6) is 0.269. The van der Waals surface area contributed by atoms with Crippen molar-refractivity contribution in [1.82, 2.24) is 4.90 Å². The molecule has 3 heterocycles. The Labute approximate surface area is 171 Å². The molecule has 5 atom stereocenters. The number of hydrogen-bond donors (Lipinski definition) is 0. The average molecular weight is 396 g/mol. The summed E-state index contributed by atoms with van der Waals surface area (Å²) in [5.41, 5.74) is 1.43. The van der Waals surface area contributed by atoms with E-state index < -0.39 is 5.54 Å². The van der Waals surface area contributed by atoms with Gasteiger partial charge in [-0.2, -0.15) is 0 Å². The van der Waals surface area contributed by atoms with Crippen molar-refractivity contribution < 1.29 is 19.1 Å². The largest absolute Gasteiger partial charge is 0.495 e. The van der Waals surface area contributed by atoms with Gasteiger partial charge < -0.3 is 14.4 Å². The van der Waals surface area contributed by atoms with Crippen LogP contribution < -0.4 is 9.64 Å². The molecule has 6 nitrogen and oxygen atoms in total. The first-order valence-electron chi connectivity index (χ1n) is 10.8. The molecule has 29 heavy (non-hydrogen) atoms. The molecule has 0 aromatic heterocycles. The molecule has 2 saturated heterocycles. The smallest absolute Gasteiger partial charge is 0.311 e. The lowest BCUT2D eigenvalue weighted by Crippen LogP contribution is -2.78. The molecule has 6 aliphatic rings. The SMILES string of the molecule is COC(=O)C1CC23CCCN4CCC5(c6cccc(OC)c6N(C=O)C15CC2)C43. The molecule has 0 radical (unpaired) electrons. The highest BCUT2D eigenvalue weighted by Gasteiger charge is 2.81. The number of ether oxygens (including phenoxy) is 2. The lowest BCUT2D eigenvalue weighted by atomic mass is 9.38. The second kappa shape index (κ2) is 5.54. The maximum atomic E-state index is 13.2. The van der Waals surface area contributed by atoms with Crippen molar-refractivity contribution in [2.45, 2.75) is 55.5 Å². The number of anilines is 1. The first-order valence-corrected chi connectivity index (χ1v) is 10.8. The number of benzene rings is 1. The van der Waals surface area contributed by atoms with Gasteiger partial charge in [0.05, 0.1) is 31.4 Å². The Bertz CT molecular complexity index is 918. The average Bonchev–Trinajstić information content (AvgIpc) is 3.28. The van der Waals surface area contributed by atoms with E-state index in [9.17, 15) is 9.59 Å². The Morgan fingerprint density at radius 2 is 2.03 bits per heavy atom. The molecule has 0 N–H and O–H groups in total. The van der Waals surface area contributed by atoms with Gasteiger partial charge in [-0.1, -0.05) is 12.1 Å². The van der Waals surface area contributed by atoms with Crippen LogP contribution in [0.1, 0.15) is 44.1 Å². The predicted octanol–water partition coefficient (Wildman–Crippen LogP) is 2.49. The molecule has 3 saturated carbocycles. The van der Waals surface area contributed by atoms with Crippen LogP contribution in [0.5, 0.6) is 5.75 Å². The van der Waals surface area contributed by atoms with E-state index in [1.165, 1.54) is 25.5 Å². The summed E-state index contributed by atoms with van der Waals surface area (Å²) in [7, 11) is 3.15. The second-order valence-electron chi connectivity index (χ2n) is 9.66. The van der Waals surface area contributed by atoms with Crippen molar-refractivity contribution in [2.24, 2.45) is 11.3 Å². The normalized spacial score (nSPS) is 41.5. The molecule has 3 spiro atoms. The van der Waals surface area contributed by atoms with Gasteiger partial charge in [-0.05, 0) is 68.7 Å². The van der Waals surface area contributed by atoms with Gasteiger partial charge in [0.15, 0.2) is 0 Å². The van der Waals surface area contributed by atoms with E-state index in [1.807, 2.05) is 17.0 Å². The third-order valence-electron chi connectivity index (χ3n) is 9.25. The highest BCUT2D eigenvalue weighted by molar-refractivity contribution is 5.93. The zero-order valence-corrected chi connectivity index (χ0v) is 17.1.